The van der Waals surface area contributed by atoms with Gasteiger partial charge in [0.05, 0.1) is 5.92 Å². The maximum absolute atomic E-state index is 12.0. The minimum absolute atomic E-state index is 0.260. The Bertz CT molecular complexity index is 472. The van der Waals surface area contributed by atoms with E-state index in [9.17, 15) is 9.59 Å². The summed E-state index contributed by atoms with van der Waals surface area (Å²) in [6.45, 7) is 3.26. The number of amides is 1. The Morgan fingerprint density at radius 1 is 1.26 bits per heavy atom. The third-order valence-corrected chi connectivity index (χ3v) is 3.12. The van der Waals surface area contributed by atoms with Gasteiger partial charge < -0.3 is 15.3 Å². The van der Waals surface area contributed by atoms with Gasteiger partial charge in [-0.25, -0.2) is 0 Å². The van der Waals surface area contributed by atoms with Gasteiger partial charge in [0.1, 0.15) is 0 Å². The largest absolute Gasteiger partial charge is 0.481 e. The molecule has 0 spiro atoms. The number of carbonyl (C=O) groups excluding carboxylic acids is 1. The van der Waals surface area contributed by atoms with Crippen LogP contribution in [-0.4, -0.2) is 37.1 Å². The molecule has 0 fully saturated rings. The van der Waals surface area contributed by atoms with E-state index in [1.807, 2.05) is 25.1 Å². The topological polar surface area (TPSA) is 69.6 Å². The first-order valence-electron chi connectivity index (χ1n) is 6.14. The number of rotatable bonds is 5. The summed E-state index contributed by atoms with van der Waals surface area (Å²) in [6.07, 6.45) is 0. The Labute approximate surface area is 113 Å². The number of benzene rings is 1. The Morgan fingerprint density at radius 2 is 1.89 bits per heavy atom. The number of hydrogen-bond donors (Lipinski definition) is 2. The van der Waals surface area contributed by atoms with E-state index in [1.54, 1.807) is 32.0 Å². The molecule has 0 saturated heterocycles. The van der Waals surface area contributed by atoms with Gasteiger partial charge in [-0.05, 0) is 32.0 Å². The normalized spacial score (nSPS) is 13.5. The molecule has 1 aromatic carbocycles. The van der Waals surface area contributed by atoms with Gasteiger partial charge in [0.2, 0.25) is 0 Å². The predicted molar refractivity (Wildman–Crippen MR) is 74.5 cm³/mol. The number of nitrogens with zero attached hydrogens (tertiary/aromatic N) is 1. The maximum Gasteiger partial charge on any atom is 0.308 e. The molecule has 19 heavy (non-hydrogen) atoms. The number of nitrogens with one attached hydrogen (secondary N) is 1. The molecule has 5 nitrogen and oxygen atoms in total. The highest BCUT2D eigenvalue weighted by atomic mass is 16.4. The van der Waals surface area contributed by atoms with E-state index in [2.05, 4.69) is 5.32 Å². The van der Waals surface area contributed by atoms with Crippen LogP contribution in [-0.2, 0) is 4.79 Å². The second-order valence-electron chi connectivity index (χ2n) is 4.83. The van der Waals surface area contributed by atoms with Crippen LogP contribution in [0.25, 0.3) is 0 Å². The van der Waals surface area contributed by atoms with Crippen LogP contribution >= 0.6 is 0 Å². The smallest absolute Gasteiger partial charge is 0.308 e. The molecule has 1 rings (SSSR count). The van der Waals surface area contributed by atoms with E-state index < -0.39 is 17.9 Å². The molecule has 104 valence electrons. The van der Waals surface area contributed by atoms with E-state index in [1.165, 1.54) is 0 Å². The van der Waals surface area contributed by atoms with Crippen molar-refractivity contribution in [1.29, 1.82) is 0 Å². The van der Waals surface area contributed by atoms with Crippen molar-refractivity contribution in [2.24, 2.45) is 5.92 Å². The lowest BCUT2D eigenvalue weighted by molar-refractivity contribution is -0.141. The van der Waals surface area contributed by atoms with Crippen LogP contribution in [0.3, 0.4) is 0 Å². The van der Waals surface area contributed by atoms with Crippen LogP contribution in [0.5, 0.6) is 0 Å². The van der Waals surface area contributed by atoms with Crippen LogP contribution in [0, 0.1) is 5.92 Å². The average Bonchev–Trinajstić information content (AvgIpc) is 2.37. The van der Waals surface area contributed by atoms with Crippen molar-refractivity contribution in [3.05, 3.63) is 29.8 Å². The summed E-state index contributed by atoms with van der Waals surface area (Å²) in [7, 11) is 3.79. The number of carbonyl (C=O) groups is 2. The zero-order valence-corrected chi connectivity index (χ0v) is 11.7. The fourth-order valence-electron chi connectivity index (χ4n) is 1.55. The van der Waals surface area contributed by atoms with E-state index >= 15 is 0 Å². The van der Waals surface area contributed by atoms with Gasteiger partial charge in [-0.3, -0.25) is 9.59 Å². The molecule has 0 heterocycles. The van der Waals surface area contributed by atoms with Crippen LogP contribution in [0.2, 0.25) is 0 Å². The van der Waals surface area contributed by atoms with Gasteiger partial charge in [0, 0.05) is 31.4 Å². The second kappa shape index (κ2) is 6.22. The lowest BCUT2D eigenvalue weighted by Crippen LogP contribution is -2.40. The third kappa shape index (κ3) is 3.98. The van der Waals surface area contributed by atoms with Crippen molar-refractivity contribution in [1.82, 2.24) is 5.32 Å². The summed E-state index contributed by atoms with van der Waals surface area (Å²) in [5.74, 6) is -1.81. The Balaban J connectivity index is 2.78. The first-order valence-corrected chi connectivity index (χ1v) is 6.14. The van der Waals surface area contributed by atoms with Crippen molar-refractivity contribution >= 4 is 17.6 Å². The van der Waals surface area contributed by atoms with Gasteiger partial charge in [0.15, 0.2) is 0 Å². The first-order chi connectivity index (χ1) is 8.82. The fraction of sp³-hybridized carbons (Fsp3) is 0.429. The minimum Gasteiger partial charge on any atom is -0.481 e. The van der Waals surface area contributed by atoms with Crippen LogP contribution in [0.4, 0.5) is 5.69 Å². The van der Waals surface area contributed by atoms with E-state index in [-0.39, 0.29) is 5.91 Å². The predicted octanol–water partition coefficient (Wildman–Crippen LogP) is 1.59. The van der Waals surface area contributed by atoms with Gasteiger partial charge in [-0.15, -0.1) is 0 Å². The number of aliphatic carboxylic acids is 1. The zero-order chi connectivity index (χ0) is 14.6. The average molecular weight is 264 g/mol. The van der Waals surface area contributed by atoms with Crippen molar-refractivity contribution in [2.75, 3.05) is 19.0 Å². The van der Waals surface area contributed by atoms with Gasteiger partial charge in [-0.2, -0.15) is 0 Å². The van der Waals surface area contributed by atoms with E-state index in [0.29, 0.717) is 5.56 Å². The fourth-order valence-corrected chi connectivity index (χ4v) is 1.55. The molecular formula is C14H20N2O3. The molecule has 1 aromatic rings. The molecule has 0 aliphatic carbocycles. The highest BCUT2D eigenvalue weighted by molar-refractivity contribution is 5.95. The van der Waals surface area contributed by atoms with Gasteiger partial charge >= 0.3 is 5.97 Å². The summed E-state index contributed by atoms with van der Waals surface area (Å²) >= 11 is 0. The molecule has 0 aliphatic heterocycles. The molecule has 5 heteroatoms. The van der Waals surface area contributed by atoms with Gasteiger partial charge in [0.25, 0.3) is 5.91 Å². The number of carboxylic acids is 1. The number of anilines is 1. The molecule has 0 radical (unpaired) electrons. The summed E-state index contributed by atoms with van der Waals surface area (Å²) < 4.78 is 0. The van der Waals surface area contributed by atoms with E-state index in [4.69, 9.17) is 5.11 Å². The summed E-state index contributed by atoms with van der Waals surface area (Å²) in [4.78, 5) is 24.8. The second-order valence-corrected chi connectivity index (χ2v) is 4.83. The zero-order valence-electron chi connectivity index (χ0n) is 11.7. The molecule has 0 aliphatic rings. The van der Waals surface area contributed by atoms with Crippen molar-refractivity contribution in [3.63, 3.8) is 0 Å². The highest BCUT2D eigenvalue weighted by Gasteiger charge is 2.21. The third-order valence-electron chi connectivity index (χ3n) is 3.12. The standard InChI is InChI=1S/C14H20N2O3/c1-9(14(18)19)10(2)15-13(17)11-6-5-7-12(8-11)16(3)4/h5-10H,1-4H3,(H,15,17)(H,18,19). The maximum atomic E-state index is 12.0. The first kappa shape index (κ1) is 15.0. The summed E-state index contributed by atoms with van der Waals surface area (Å²) in [6, 6.07) is 6.76. The Kier molecular flexibility index (Phi) is 4.92. The van der Waals surface area contributed by atoms with Crippen molar-refractivity contribution in [3.8, 4) is 0 Å². The van der Waals surface area contributed by atoms with Gasteiger partial charge in [-0.1, -0.05) is 6.07 Å². The highest BCUT2D eigenvalue weighted by Crippen LogP contribution is 2.14. The van der Waals surface area contributed by atoms with Crippen LogP contribution < -0.4 is 10.2 Å². The number of hydrogen-bond acceptors (Lipinski definition) is 3. The van der Waals surface area contributed by atoms with E-state index in [0.717, 1.165) is 5.69 Å². The molecule has 0 bridgehead atoms. The lowest BCUT2D eigenvalue weighted by Gasteiger charge is -2.18. The monoisotopic (exact) mass is 264 g/mol. The molecule has 2 N–H and O–H groups in total. The molecule has 2 atom stereocenters. The van der Waals surface area contributed by atoms with Crippen molar-refractivity contribution in [2.45, 2.75) is 19.9 Å². The lowest BCUT2D eigenvalue weighted by atomic mass is 10.0. The number of carboxylic acid groups (broad SMARTS) is 1. The SMILES string of the molecule is CC(NC(=O)c1cccc(N(C)C)c1)C(C)C(=O)O. The Hall–Kier alpha value is -2.04. The molecule has 0 saturated carbocycles. The molecule has 1 amide bonds. The molecule has 2 unspecified atom stereocenters. The van der Waals surface area contributed by atoms with Crippen LogP contribution in [0.15, 0.2) is 24.3 Å². The molecule has 0 aromatic heterocycles. The molecular weight excluding hydrogens is 244 g/mol. The summed E-state index contributed by atoms with van der Waals surface area (Å²) in [5.41, 5.74) is 1.45. The minimum atomic E-state index is -0.921. The quantitative estimate of drug-likeness (QED) is 0.847. The summed E-state index contributed by atoms with van der Waals surface area (Å²) in [5, 5.41) is 11.6. The Morgan fingerprint density at radius 3 is 2.42 bits per heavy atom. The van der Waals surface area contributed by atoms with Crippen molar-refractivity contribution < 1.29 is 14.7 Å². The van der Waals surface area contributed by atoms with Crippen LogP contribution in [0.1, 0.15) is 24.2 Å².